The molecule has 1 atom stereocenters. The zero-order valence-corrected chi connectivity index (χ0v) is 23.0. The Kier molecular flexibility index (Phi) is 7.85. The van der Waals surface area contributed by atoms with Crippen LogP contribution in [0.4, 0.5) is 10.8 Å². The molecule has 11 heteroatoms. The minimum absolute atomic E-state index is 0.0737. The van der Waals surface area contributed by atoms with Crippen LogP contribution in [0.2, 0.25) is 5.02 Å². The Labute approximate surface area is 230 Å². The summed E-state index contributed by atoms with van der Waals surface area (Å²) in [5.74, 6) is 0.514. The topological polar surface area (TPSA) is 97.8 Å². The van der Waals surface area contributed by atoms with E-state index in [2.05, 4.69) is 4.72 Å². The predicted octanol–water partition coefficient (Wildman–Crippen LogP) is 5.98. The molecule has 0 saturated carbocycles. The number of benzene rings is 3. The maximum Gasteiger partial charge on any atom is 0.261 e. The number of nitrogens with one attached hydrogen (secondary N) is 1. The molecule has 1 unspecified atom stereocenters. The lowest BCUT2D eigenvalue weighted by Crippen LogP contribution is -2.37. The molecule has 1 saturated heterocycles. The van der Waals surface area contributed by atoms with E-state index in [-0.39, 0.29) is 16.9 Å². The Morgan fingerprint density at radius 2 is 1.92 bits per heavy atom. The molecule has 1 aliphatic rings. The zero-order chi connectivity index (χ0) is 26.7. The molecule has 1 aliphatic heterocycles. The van der Waals surface area contributed by atoms with Crippen molar-refractivity contribution in [1.82, 2.24) is 4.98 Å². The second kappa shape index (κ2) is 11.3. The zero-order valence-electron chi connectivity index (χ0n) is 20.6. The molecule has 5 rings (SSSR count). The van der Waals surface area contributed by atoms with Gasteiger partial charge in [-0.3, -0.25) is 14.4 Å². The molecule has 1 fully saturated rings. The first kappa shape index (κ1) is 26.4. The van der Waals surface area contributed by atoms with Crippen LogP contribution >= 0.6 is 22.9 Å². The molecule has 0 radical (unpaired) electrons. The first-order valence-corrected chi connectivity index (χ1v) is 14.9. The Bertz CT molecular complexity index is 1530. The van der Waals surface area contributed by atoms with E-state index >= 15 is 0 Å². The highest BCUT2D eigenvalue weighted by molar-refractivity contribution is 7.92. The van der Waals surface area contributed by atoms with Gasteiger partial charge in [0.05, 0.1) is 34.4 Å². The summed E-state index contributed by atoms with van der Waals surface area (Å²) in [5.41, 5.74) is 1.53. The molecule has 4 aromatic rings. The van der Waals surface area contributed by atoms with E-state index < -0.39 is 10.0 Å². The fourth-order valence-corrected chi connectivity index (χ4v) is 6.36. The van der Waals surface area contributed by atoms with Crippen LogP contribution in [0.3, 0.4) is 0 Å². The Morgan fingerprint density at radius 1 is 1.16 bits per heavy atom. The molecular weight excluding hydrogens is 546 g/mol. The number of carbonyl (C=O) groups excluding carboxylic acids is 1. The molecule has 8 nitrogen and oxygen atoms in total. The number of ether oxygens (including phenoxy) is 2. The maximum absolute atomic E-state index is 13.7. The molecule has 0 spiro atoms. The summed E-state index contributed by atoms with van der Waals surface area (Å²) in [6.07, 6.45) is 1.75. The van der Waals surface area contributed by atoms with Crippen LogP contribution < -0.4 is 14.4 Å². The average molecular weight is 572 g/mol. The van der Waals surface area contributed by atoms with Crippen molar-refractivity contribution in [2.75, 3.05) is 29.4 Å². The van der Waals surface area contributed by atoms with Gasteiger partial charge in [-0.25, -0.2) is 13.4 Å². The molecule has 1 N–H and O–H groups in total. The van der Waals surface area contributed by atoms with Gasteiger partial charge in [0.15, 0.2) is 5.13 Å². The lowest BCUT2D eigenvalue weighted by Gasteiger charge is -2.23. The Hall–Kier alpha value is -3.18. The quantitative estimate of drug-likeness (QED) is 0.266. The summed E-state index contributed by atoms with van der Waals surface area (Å²) in [5, 5.41) is 1.02. The SMILES string of the molecule is CCOc1ccc2nc(N(CC3CCCO3)C(=O)c3ccc(NS(=O)(=O)c4ccc(Cl)cc4)cc3)sc2c1. The number of carbonyl (C=O) groups is 1. The molecule has 1 aromatic heterocycles. The van der Waals surface area contributed by atoms with Gasteiger partial charge in [-0.05, 0) is 86.5 Å². The van der Waals surface area contributed by atoms with Crippen LogP contribution in [0.5, 0.6) is 5.75 Å². The first-order chi connectivity index (χ1) is 18.3. The summed E-state index contributed by atoms with van der Waals surface area (Å²) in [7, 11) is -3.80. The Morgan fingerprint density at radius 3 is 2.61 bits per heavy atom. The number of fused-ring (bicyclic) bond motifs is 1. The third-order valence-electron chi connectivity index (χ3n) is 6.05. The van der Waals surface area contributed by atoms with Crippen molar-refractivity contribution in [3.63, 3.8) is 0 Å². The molecule has 0 bridgehead atoms. The van der Waals surface area contributed by atoms with Crippen LogP contribution in [-0.2, 0) is 14.8 Å². The van der Waals surface area contributed by atoms with Crippen LogP contribution in [0, 0.1) is 0 Å². The third-order valence-corrected chi connectivity index (χ3v) is 8.74. The number of nitrogens with zero attached hydrogens (tertiary/aromatic N) is 2. The van der Waals surface area contributed by atoms with E-state index in [0.717, 1.165) is 28.8 Å². The van der Waals surface area contributed by atoms with Crippen LogP contribution in [0.1, 0.15) is 30.1 Å². The smallest absolute Gasteiger partial charge is 0.261 e. The lowest BCUT2D eigenvalue weighted by molar-refractivity contribution is 0.0917. The average Bonchev–Trinajstić information content (AvgIpc) is 3.57. The number of anilines is 2. The van der Waals surface area contributed by atoms with Gasteiger partial charge >= 0.3 is 0 Å². The van der Waals surface area contributed by atoms with Crippen molar-refractivity contribution >= 4 is 59.9 Å². The van der Waals surface area contributed by atoms with Crippen LogP contribution in [-0.4, -0.2) is 45.2 Å². The highest BCUT2D eigenvalue weighted by atomic mass is 35.5. The maximum atomic E-state index is 13.7. The fourth-order valence-electron chi connectivity index (χ4n) is 4.17. The number of hydrogen-bond acceptors (Lipinski definition) is 7. The standard InChI is InChI=1S/C27H26ClN3O5S2/c1-2-35-21-11-14-24-25(16-21)37-27(29-24)31(17-22-4-3-15-36-22)26(32)18-5-9-20(10-6-18)30-38(33,34)23-12-7-19(28)8-13-23/h5-14,16,22,30H,2-4,15,17H2,1H3. The van der Waals surface area contributed by atoms with Gasteiger partial charge in [0.2, 0.25) is 0 Å². The van der Waals surface area contributed by atoms with Gasteiger partial charge in [-0.2, -0.15) is 0 Å². The predicted molar refractivity (Wildman–Crippen MR) is 150 cm³/mol. The first-order valence-electron chi connectivity index (χ1n) is 12.2. The van der Waals surface area contributed by atoms with Gasteiger partial charge in [0.1, 0.15) is 5.75 Å². The number of halogens is 1. The van der Waals surface area contributed by atoms with Crippen molar-refractivity contribution in [2.45, 2.75) is 30.8 Å². The highest BCUT2D eigenvalue weighted by Gasteiger charge is 2.27. The van der Waals surface area contributed by atoms with Crippen molar-refractivity contribution < 1.29 is 22.7 Å². The normalized spacial score (nSPS) is 15.5. The highest BCUT2D eigenvalue weighted by Crippen LogP contribution is 2.33. The van der Waals surface area contributed by atoms with Gasteiger partial charge in [0.25, 0.3) is 15.9 Å². The fraction of sp³-hybridized carbons (Fsp3) is 0.259. The van der Waals surface area contributed by atoms with Crippen molar-refractivity contribution in [2.24, 2.45) is 0 Å². The molecule has 3 aromatic carbocycles. The monoisotopic (exact) mass is 571 g/mol. The van der Waals surface area contributed by atoms with Gasteiger partial charge in [0, 0.05) is 22.9 Å². The second-order valence-electron chi connectivity index (χ2n) is 8.75. The number of hydrogen-bond donors (Lipinski definition) is 1. The molecule has 0 aliphatic carbocycles. The number of amides is 1. The van der Waals surface area contributed by atoms with E-state index in [1.54, 1.807) is 29.2 Å². The van der Waals surface area contributed by atoms with Gasteiger partial charge in [-0.1, -0.05) is 22.9 Å². The molecule has 38 heavy (non-hydrogen) atoms. The van der Waals surface area contributed by atoms with E-state index in [9.17, 15) is 13.2 Å². The summed E-state index contributed by atoms with van der Waals surface area (Å²) >= 11 is 7.29. The molecule has 198 valence electrons. The summed E-state index contributed by atoms with van der Waals surface area (Å²) in [6.45, 7) is 3.54. The summed E-state index contributed by atoms with van der Waals surface area (Å²) < 4.78 is 40.3. The van der Waals surface area contributed by atoms with Crippen molar-refractivity contribution in [1.29, 1.82) is 0 Å². The van der Waals surface area contributed by atoms with E-state index in [0.29, 0.717) is 41.2 Å². The van der Waals surface area contributed by atoms with Crippen molar-refractivity contribution in [3.8, 4) is 5.75 Å². The summed E-state index contributed by atoms with van der Waals surface area (Å²) in [4.78, 5) is 20.1. The second-order valence-corrected chi connectivity index (χ2v) is 11.9. The summed E-state index contributed by atoms with van der Waals surface area (Å²) in [6, 6.07) is 17.9. The minimum Gasteiger partial charge on any atom is -0.494 e. The third kappa shape index (κ3) is 5.94. The van der Waals surface area contributed by atoms with Gasteiger partial charge in [-0.15, -0.1) is 0 Å². The van der Waals surface area contributed by atoms with Crippen molar-refractivity contribution in [3.05, 3.63) is 77.3 Å². The van der Waals surface area contributed by atoms with E-state index in [1.807, 2.05) is 25.1 Å². The van der Waals surface area contributed by atoms with E-state index in [1.165, 1.54) is 35.6 Å². The number of aromatic nitrogens is 1. The van der Waals surface area contributed by atoms with Gasteiger partial charge < -0.3 is 9.47 Å². The van der Waals surface area contributed by atoms with E-state index in [4.69, 9.17) is 26.1 Å². The lowest BCUT2D eigenvalue weighted by atomic mass is 10.1. The number of sulfonamides is 1. The number of thiazole rings is 1. The number of rotatable bonds is 9. The Balaban J connectivity index is 1.39. The minimum atomic E-state index is -3.80. The van der Waals surface area contributed by atoms with Crippen LogP contribution in [0.25, 0.3) is 10.2 Å². The molecular formula is C27H26ClN3O5S2. The van der Waals surface area contributed by atoms with Crippen LogP contribution in [0.15, 0.2) is 71.6 Å². The largest absolute Gasteiger partial charge is 0.494 e. The molecule has 2 heterocycles. The molecule has 1 amide bonds.